The van der Waals surface area contributed by atoms with E-state index < -0.39 is 0 Å². The van der Waals surface area contributed by atoms with E-state index in [0.29, 0.717) is 24.1 Å². The zero-order valence-electron chi connectivity index (χ0n) is 12.3. The number of hydrogen-bond donors (Lipinski definition) is 0. The number of aromatic nitrogens is 3. The summed E-state index contributed by atoms with van der Waals surface area (Å²) in [5.74, 6) is -0.219. The molecular weight excluding hydrogens is 318 g/mol. The Morgan fingerprint density at radius 3 is 2.83 bits per heavy atom. The summed E-state index contributed by atoms with van der Waals surface area (Å²) in [6.07, 6.45) is 3.00. The minimum Gasteiger partial charge on any atom is -0.457 e. The molecule has 0 amide bonds. The lowest BCUT2D eigenvalue weighted by molar-refractivity contribution is -0.180. The molecule has 0 atom stereocenters. The summed E-state index contributed by atoms with van der Waals surface area (Å²) in [4.78, 5) is 24.6. The molecule has 2 aromatic heterocycles. The minimum absolute atomic E-state index is 0.127. The Kier molecular flexibility index (Phi) is 5.51. The van der Waals surface area contributed by atoms with Crippen molar-refractivity contribution in [3.63, 3.8) is 0 Å². The summed E-state index contributed by atoms with van der Waals surface area (Å²) in [5, 5.41) is 0.501. The highest BCUT2D eigenvalue weighted by Gasteiger charge is 2.19. The molecular formula is C15H15N3O4S. The van der Waals surface area contributed by atoms with Gasteiger partial charge in [-0.3, -0.25) is 9.78 Å². The second kappa shape index (κ2) is 8.00. The molecule has 120 valence electrons. The summed E-state index contributed by atoms with van der Waals surface area (Å²) in [6.45, 7) is 0.973. The van der Waals surface area contributed by atoms with Crippen molar-refractivity contribution in [2.45, 2.75) is 11.3 Å². The van der Waals surface area contributed by atoms with Crippen LogP contribution < -0.4 is 0 Å². The van der Waals surface area contributed by atoms with Crippen LogP contribution in [0.2, 0.25) is 0 Å². The van der Waals surface area contributed by atoms with E-state index in [-0.39, 0.29) is 24.6 Å². The standard InChI is InChI=1S/C15H15N3O4S/c19-14(22-11-7-20-10-21-8-11)9-23-15-17-6-4-13(18-15)12-3-1-2-5-16-12/h1-6,11H,7-10H2. The van der Waals surface area contributed by atoms with Gasteiger partial charge in [-0.2, -0.15) is 0 Å². The number of carbonyl (C=O) groups excluding carboxylic acids is 1. The smallest absolute Gasteiger partial charge is 0.316 e. The maximum atomic E-state index is 11.8. The zero-order valence-corrected chi connectivity index (χ0v) is 13.1. The van der Waals surface area contributed by atoms with E-state index in [1.165, 1.54) is 11.8 Å². The molecule has 0 N–H and O–H groups in total. The summed E-state index contributed by atoms with van der Waals surface area (Å²) >= 11 is 1.22. The first-order valence-electron chi connectivity index (χ1n) is 7.03. The van der Waals surface area contributed by atoms with Crippen LogP contribution in [0.3, 0.4) is 0 Å². The SMILES string of the molecule is O=C(CSc1nccc(-c2ccccn2)n1)OC1COCOC1. The lowest BCUT2D eigenvalue weighted by Gasteiger charge is -2.22. The molecule has 0 spiro atoms. The number of pyridine rings is 1. The van der Waals surface area contributed by atoms with Crippen LogP contribution in [-0.2, 0) is 19.0 Å². The molecule has 2 aromatic rings. The van der Waals surface area contributed by atoms with E-state index in [4.69, 9.17) is 14.2 Å². The molecule has 0 aromatic carbocycles. The van der Waals surface area contributed by atoms with Crippen molar-refractivity contribution in [1.82, 2.24) is 15.0 Å². The van der Waals surface area contributed by atoms with E-state index >= 15 is 0 Å². The van der Waals surface area contributed by atoms with Crippen molar-refractivity contribution >= 4 is 17.7 Å². The fourth-order valence-electron chi connectivity index (χ4n) is 1.94. The first-order valence-corrected chi connectivity index (χ1v) is 8.02. The highest BCUT2D eigenvalue weighted by Crippen LogP contribution is 2.18. The van der Waals surface area contributed by atoms with Crippen LogP contribution in [0.15, 0.2) is 41.8 Å². The van der Waals surface area contributed by atoms with Gasteiger partial charge in [0.25, 0.3) is 0 Å². The van der Waals surface area contributed by atoms with Crippen molar-refractivity contribution < 1.29 is 19.0 Å². The third-order valence-corrected chi connectivity index (χ3v) is 3.79. The molecule has 3 heterocycles. The number of carbonyl (C=O) groups is 1. The van der Waals surface area contributed by atoms with Crippen LogP contribution >= 0.6 is 11.8 Å². The Balaban J connectivity index is 1.55. The number of ether oxygens (including phenoxy) is 3. The van der Waals surface area contributed by atoms with Crippen molar-refractivity contribution in [3.05, 3.63) is 36.7 Å². The molecule has 1 fully saturated rings. The molecule has 0 bridgehead atoms. The van der Waals surface area contributed by atoms with Crippen LogP contribution in [-0.4, -0.2) is 52.8 Å². The number of hydrogen-bond acceptors (Lipinski definition) is 8. The number of esters is 1. The Bertz CT molecular complexity index is 650. The molecule has 8 heteroatoms. The highest BCUT2D eigenvalue weighted by molar-refractivity contribution is 7.99. The quantitative estimate of drug-likeness (QED) is 0.463. The number of thioether (sulfide) groups is 1. The van der Waals surface area contributed by atoms with Crippen LogP contribution in [0, 0.1) is 0 Å². The third-order valence-electron chi connectivity index (χ3n) is 2.95. The third kappa shape index (κ3) is 4.72. The molecule has 1 saturated heterocycles. The van der Waals surface area contributed by atoms with Gasteiger partial charge in [0.2, 0.25) is 0 Å². The van der Waals surface area contributed by atoms with Gasteiger partial charge in [0, 0.05) is 12.4 Å². The molecule has 0 aliphatic carbocycles. The molecule has 1 aliphatic heterocycles. The molecule has 7 nitrogen and oxygen atoms in total. The second-order valence-electron chi connectivity index (χ2n) is 4.70. The van der Waals surface area contributed by atoms with Gasteiger partial charge in [-0.15, -0.1) is 0 Å². The lowest BCUT2D eigenvalue weighted by atomic mass is 10.3. The van der Waals surface area contributed by atoms with Crippen LogP contribution in [0.4, 0.5) is 0 Å². The summed E-state index contributed by atoms with van der Waals surface area (Å²) in [7, 11) is 0. The average Bonchev–Trinajstić information content (AvgIpc) is 2.62. The molecule has 0 unspecified atom stereocenters. The normalized spacial score (nSPS) is 15.3. The Labute approximate surface area is 137 Å². The molecule has 1 aliphatic rings. The monoisotopic (exact) mass is 333 g/mol. The fraction of sp³-hybridized carbons (Fsp3) is 0.333. The van der Waals surface area contributed by atoms with Gasteiger partial charge in [0.15, 0.2) is 5.16 Å². The molecule has 0 saturated carbocycles. The van der Waals surface area contributed by atoms with Crippen molar-refractivity contribution in [3.8, 4) is 11.4 Å². The fourth-order valence-corrected chi connectivity index (χ4v) is 2.56. The van der Waals surface area contributed by atoms with E-state index in [1.54, 1.807) is 18.5 Å². The Morgan fingerprint density at radius 2 is 2.04 bits per heavy atom. The topological polar surface area (TPSA) is 83.4 Å². The average molecular weight is 333 g/mol. The maximum absolute atomic E-state index is 11.8. The predicted octanol–water partition coefficient (Wildman–Crippen LogP) is 1.55. The second-order valence-corrected chi connectivity index (χ2v) is 5.64. The van der Waals surface area contributed by atoms with Crippen molar-refractivity contribution in [1.29, 1.82) is 0 Å². The summed E-state index contributed by atoms with van der Waals surface area (Å²) in [6, 6.07) is 7.38. The zero-order chi connectivity index (χ0) is 15.9. The lowest BCUT2D eigenvalue weighted by Crippen LogP contribution is -2.33. The summed E-state index contributed by atoms with van der Waals surface area (Å²) in [5.41, 5.74) is 1.47. The van der Waals surface area contributed by atoms with E-state index in [1.807, 2.05) is 18.2 Å². The van der Waals surface area contributed by atoms with Crippen LogP contribution in [0.1, 0.15) is 0 Å². The molecule has 0 radical (unpaired) electrons. The van der Waals surface area contributed by atoms with Crippen LogP contribution in [0.5, 0.6) is 0 Å². The Morgan fingerprint density at radius 1 is 1.17 bits per heavy atom. The molecule has 3 rings (SSSR count). The van der Waals surface area contributed by atoms with Gasteiger partial charge in [-0.1, -0.05) is 17.8 Å². The van der Waals surface area contributed by atoms with E-state index in [2.05, 4.69) is 15.0 Å². The van der Waals surface area contributed by atoms with E-state index in [9.17, 15) is 4.79 Å². The number of nitrogens with zero attached hydrogens (tertiary/aromatic N) is 3. The van der Waals surface area contributed by atoms with Gasteiger partial charge in [-0.25, -0.2) is 9.97 Å². The first kappa shape index (κ1) is 15.9. The highest BCUT2D eigenvalue weighted by atomic mass is 32.2. The van der Waals surface area contributed by atoms with Gasteiger partial charge < -0.3 is 14.2 Å². The minimum atomic E-state index is -0.349. The van der Waals surface area contributed by atoms with E-state index in [0.717, 1.165) is 5.69 Å². The largest absolute Gasteiger partial charge is 0.457 e. The maximum Gasteiger partial charge on any atom is 0.316 e. The van der Waals surface area contributed by atoms with Gasteiger partial charge in [0.1, 0.15) is 12.9 Å². The van der Waals surface area contributed by atoms with Crippen LogP contribution in [0.25, 0.3) is 11.4 Å². The van der Waals surface area contributed by atoms with Gasteiger partial charge >= 0.3 is 5.97 Å². The summed E-state index contributed by atoms with van der Waals surface area (Å²) < 4.78 is 15.4. The molecule has 23 heavy (non-hydrogen) atoms. The van der Waals surface area contributed by atoms with Crippen molar-refractivity contribution in [2.24, 2.45) is 0 Å². The van der Waals surface area contributed by atoms with Gasteiger partial charge in [0.05, 0.1) is 30.4 Å². The number of rotatable bonds is 5. The Hall–Kier alpha value is -2.03. The first-order chi connectivity index (χ1) is 11.3. The van der Waals surface area contributed by atoms with Crippen molar-refractivity contribution in [2.75, 3.05) is 25.8 Å². The predicted molar refractivity (Wildman–Crippen MR) is 82.6 cm³/mol. The van der Waals surface area contributed by atoms with Gasteiger partial charge in [-0.05, 0) is 18.2 Å².